The van der Waals surface area contributed by atoms with Gasteiger partial charge in [-0.05, 0) is 38.5 Å². The molecule has 1 heterocycles. The van der Waals surface area contributed by atoms with E-state index in [0.29, 0.717) is 0 Å². The molecule has 38 heavy (non-hydrogen) atoms. The lowest BCUT2D eigenvalue weighted by atomic mass is 10.2. The molecule has 0 aliphatic rings. The lowest BCUT2D eigenvalue weighted by Gasteiger charge is -2.23. The lowest BCUT2D eigenvalue weighted by Crippen LogP contribution is -2.38. The number of amides is 1. The van der Waals surface area contributed by atoms with Crippen LogP contribution < -0.4 is 15.6 Å². The molecule has 1 amide bonds. The molecule has 1 unspecified atom stereocenters. The minimum atomic E-state index is -1.04. The first-order chi connectivity index (χ1) is 18.1. The predicted molar refractivity (Wildman–Crippen MR) is 136 cm³/mol. The van der Waals surface area contributed by atoms with Crippen LogP contribution in [0.3, 0.4) is 0 Å². The Morgan fingerprint density at radius 2 is 1.61 bits per heavy atom. The number of benzene rings is 2. The third-order valence-corrected chi connectivity index (χ3v) is 4.90. The van der Waals surface area contributed by atoms with Gasteiger partial charge in [-0.25, -0.2) is 19.4 Å². The summed E-state index contributed by atoms with van der Waals surface area (Å²) >= 11 is 0. The molecule has 11 nitrogen and oxygen atoms in total. The zero-order valence-corrected chi connectivity index (χ0v) is 21.5. The molecule has 2 aromatic carbocycles. The maximum Gasteiger partial charge on any atom is 0.408 e. The van der Waals surface area contributed by atoms with E-state index in [-0.39, 0.29) is 24.6 Å². The highest BCUT2D eigenvalue weighted by molar-refractivity contribution is 5.94. The summed E-state index contributed by atoms with van der Waals surface area (Å²) in [6.45, 7) is 5.14. The predicted octanol–water partition coefficient (Wildman–Crippen LogP) is 3.56. The molecule has 0 saturated carbocycles. The molecule has 2 N–H and O–H groups in total. The fourth-order valence-corrected chi connectivity index (χ4v) is 3.21. The quantitative estimate of drug-likeness (QED) is 0.402. The van der Waals surface area contributed by atoms with E-state index in [1.807, 2.05) is 30.3 Å². The van der Waals surface area contributed by atoms with Gasteiger partial charge in [0.1, 0.15) is 17.5 Å². The van der Waals surface area contributed by atoms with Crippen molar-refractivity contribution in [1.29, 1.82) is 0 Å². The Morgan fingerprint density at radius 3 is 2.21 bits per heavy atom. The third kappa shape index (κ3) is 8.00. The first-order valence-electron chi connectivity index (χ1n) is 11.7. The highest BCUT2D eigenvalue weighted by atomic mass is 16.6. The molecule has 0 spiro atoms. The van der Waals surface area contributed by atoms with E-state index in [9.17, 15) is 19.2 Å². The van der Waals surface area contributed by atoms with Gasteiger partial charge in [-0.15, -0.1) is 0 Å². The molecule has 0 bridgehead atoms. The second kappa shape index (κ2) is 12.6. The number of carbonyl (C=O) groups is 3. The largest absolute Gasteiger partial charge is 0.464 e. The smallest absolute Gasteiger partial charge is 0.408 e. The number of carbonyl (C=O) groups excluding carboxylic acids is 3. The van der Waals surface area contributed by atoms with Gasteiger partial charge < -0.3 is 29.2 Å². The summed E-state index contributed by atoms with van der Waals surface area (Å²) in [5.41, 5.74) is -1.24. The van der Waals surface area contributed by atoms with Crippen LogP contribution in [0.1, 0.15) is 59.0 Å². The van der Waals surface area contributed by atoms with Gasteiger partial charge in [-0.3, -0.25) is 4.79 Å². The third-order valence-electron chi connectivity index (χ3n) is 4.90. The Balaban J connectivity index is 1.93. The standard InChI is InChI=1S/C27H29N3O8/c1-27(2,3)38-26(34)28-19(16-36-15-17-11-7-5-8-12-17)22-29-20(25(33)35-4)21(23(31)30-22)37-24(32)18-13-9-6-10-14-18/h5-14,19H,15-16H2,1-4H3,(H,28,34)(H,29,30,31). The molecule has 3 rings (SSSR count). The van der Waals surface area contributed by atoms with Crippen LogP contribution in [0, 0.1) is 0 Å². The molecule has 0 radical (unpaired) electrons. The Kier molecular flexibility index (Phi) is 9.33. The van der Waals surface area contributed by atoms with E-state index >= 15 is 0 Å². The van der Waals surface area contributed by atoms with Crippen LogP contribution in [0.4, 0.5) is 4.79 Å². The molecule has 200 valence electrons. The Labute approximate surface area is 219 Å². The van der Waals surface area contributed by atoms with Crippen LogP contribution in [-0.4, -0.2) is 47.3 Å². The number of nitrogens with zero attached hydrogens (tertiary/aromatic N) is 1. The van der Waals surface area contributed by atoms with Crippen LogP contribution >= 0.6 is 0 Å². The van der Waals surface area contributed by atoms with Crippen molar-refractivity contribution in [1.82, 2.24) is 15.3 Å². The van der Waals surface area contributed by atoms with E-state index in [1.54, 1.807) is 39.0 Å². The summed E-state index contributed by atoms with van der Waals surface area (Å²) in [7, 11) is 1.09. The zero-order chi connectivity index (χ0) is 27.7. The van der Waals surface area contributed by atoms with Crippen molar-refractivity contribution in [2.75, 3.05) is 13.7 Å². The summed E-state index contributed by atoms with van der Waals surface area (Å²) in [5, 5.41) is 2.59. The fourth-order valence-electron chi connectivity index (χ4n) is 3.21. The number of H-pyrrole nitrogens is 1. The van der Waals surface area contributed by atoms with Crippen molar-refractivity contribution in [3.63, 3.8) is 0 Å². The molecule has 0 fully saturated rings. The summed E-state index contributed by atoms with van der Waals surface area (Å²) in [4.78, 5) is 57.2. The van der Waals surface area contributed by atoms with Crippen molar-refractivity contribution < 1.29 is 33.3 Å². The molecule has 1 aromatic heterocycles. The number of alkyl carbamates (subject to hydrolysis) is 1. The highest BCUT2D eigenvalue weighted by Gasteiger charge is 2.28. The van der Waals surface area contributed by atoms with E-state index in [0.717, 1.165) is 12.7 Å². The minimum Gasteiger partial charge on any atom is -0.464 e. The van der Waals surface area contributed by atoms with Crippen LogP contribution in [0.15, 0.2) is 65.5 Å². The molecule has 0 saturated heterocycles. The molecule has 3 aromatic rings. The second-order valence-corrected chi connectivity index (χ2v) is 9.08. The van der Waals surface area contributed by atoms with E-state index in [2.05, 4.69) is 15.3 Å². The number of rotatable bonds is 9. The summed E-state index contributed by atoms with van der Waals surface area (Å²) in [6, 6.07) is 16.2. The Hall–Kier alpha value is -4.51. The summed E-state index contributed by atoms with van der Waals surface area (Å²) in [6.07, 6.45) is -0.798. The molecule has 0 aliphatic carbocycles. The second-order valence-electron chi connectivity index (χ2n) is 9.08. The van der Waals surface area contributed by atoms with Gasteiger partial charge in [-0.2, -0.15) is 0 Å². The van der Waals surface area contributed by atoms with E-state index in [1.165, 1.54) is 12.1 Å². The number of hydrogen-bond donors (Lipinski definition) is 2. The maximum atomic E-state index is 13.0. The topological polar surface area (TPSA) is 146 Å². The number of aromatic nitrogens is 2. The van der Waals surface area contributed by atoms with E-state index < -0.39 is 46.7 Å². The average Bonchev–Trinajstić information content (AvgIpc) is 2.88. The number of esters is 2. The Morgan fingerprint density at radius 1 is 0.974 bits per heavy atom. The number of aromatic amines is 1. The number of hydrogen-bond acceptors (Lipinski definition) is 9. The van der Waals surface area contributed by atoms with Crippen LogP contribution in [0.5, 0.6) is 5.75 Å². The first-order valence-corrected chi connectivity index (χ1v) is 11.7. The number of methoxy groups -OCH3 is 1. The van der Waals surface area contributed by atoms with Crippen LogP contribution in [0.2, 0.25) is 0 Å². The summed E-state index contributed by atoms with van der Waals surface area (Å²) in [5.74, 6) is -2.66. The molecule has 1 atom stereocenters. The van der Waals surface area contributed by atoms with Crippen molar-refractivity contribution in [2.24, 2.45) is 0 Å². The zero-order valence-electron chi connectivity index (χ0n) is 21.5. The van der Waals surface area contributed by atoms with Crippen molar-refractivity contribution >= 4 is 18.0 Å². The number of nitrogens with one attached hydrogen (secondary N) is 2. The maximum absolute atomic E-state index is 13.0. The van der Waals surface area contributed by atoms with Gasteiger partial charge in [0.15, 0.2) is 5.69 Å². The monoisotopic (exact) mass is 523 g/mol. The van der Waals surface area contributed by atoms with Gasteiger partial charge in [0.05, 0.1) is 25.9 Å². The van der Waals surface area contributed by atoms with Gasteiger partial charge in [0.2, 0.25) is 5.75 Å². The molecular formula is C27H29N3O8. The SMILES string of the molecule is COC(=O)c1nc(C(COCc2ccccc2)NC(=O)OC(C)(C)C)[nH]c(=O)c1OC(=O)c1ccccc1. The van der Waals surface area contributed by atoms with E-state index in [4.69, 9.17) is 18.9 Å². The Bertz CT molecular complexity index is 1320. The molecule has 0 aliphatic heterocycles. The van der Waals surface area contributed by atoms with Crippen molar-refractivity contribution in [2.45, 2.75) is 39.0 Å². The highest BCUT2D eigenvalue weighted by Crippen LogP contribution is 2.18. The molecular weight excluding hydrogens is 494 g/mol. The van der Waals surface area contributed by atoms with Crippen molar-refractivity contribution in [3.8, 4) is 5.75 Å². The van der Waals surface area contributed by atoms with Gasteiger partial charge >= 0.3 is 18.0 Å². The van der Waals surface area contributed by atoms with Gasteiger partial charge in [-0.1, -0.05) is 48.5 Å². The van der Waals surface area contributed by atoms with Gasteiger partial charge in [0.25, 0.3) is 5.56 Å². The van der Waals surface area contributed by atoms with Crippen LogP contribution in [0.25, 0.3) is 0 Å². The first kappa shape index (κ1) is 28.1. The fraction of sp³-hybridized carbons (Fsp3) is 0.296. The number of ether oxygens (including phenoxy) is 4. The normalized spacial score (nSPS) is 11.8. The lowest BCUT2D eigenvalue weighted by molar-refractivity contribution is 0.0420. The summed E-state index contributed by atoms with van der Waals surface area (Å²) < 4.78 is 21.0. The van der Waals surface area contributed by atoms with Crippen LogP contribution in [-0.2, 0) is 20.8 Å². The minimum absolute atomic E-state index is 0.131. The van der Waals surface area contributed by atoms with Crippen molar-refractivity contribution in [3.05, 3.63) is 93.7 Å². The molecule has 11 heteroatoms. The van der Waals surface area contributed by atoms with Gasteiger partial charge in [0, 0.05) is 0 Å². The average molecular weight is 524 g/mol.